The van der Waals surface area contributed by atoms with E-state index < -0.39 is 0 Å². The second-order valence-corrected chi connectivity index (χ2v) is 8.35. The molecule has 156 valence electrons. The number of anilines is 1. The predicted octanol–water partition coefficient (Wildman–Crippen LogP) is 2.72. The van der Waals surface area contributed by atoms with Crippen molar-refractivity contribution in [3.63, 3.8) is 0 Å². The van der Waals surface area contributed by atoms with Crippen LogP contribution in [0.5, 0.6) is 0 Å². The van der Waals surface area contributed by atoms with Crippen molar-refractivity contribution >= 4 is 40.0 Å². The summed E-state index contributed by atoms with van der Waals surface area (Å²) in [6.45, 7) is 6.04. The Kier molecular flexibility index (Phi) is 6.95. The number of thioether (sulfide) groups is 1. The van der Waals surface area contributed by atoms with Gasteiger partial charge in [0.15, 0.2) is 16.1 Å². The lowest BCUT2D eigenvalue weighted by Crippen LogP contribution is -2.21. The number of rotatable bonds is 8. The van der Waals surface area contributed by atoms with E-state index in [1.54, 1.807) is 39.5 Å². The van der Waals surface area contributed by atoms with Gasteiger partial charge in [0, 0.05) is 38.6 Å². The van der Waals surface area contributed by atoms with Gasteiger partial charge in [0.05, 0.1) is 11.4 Å². The molecule has 0 aromatic carbocycles. The molecule has 11 heteroatoms. The van der Waals surface area contributed by atoms with Gasteiger partial charge in [-0.2, -0.15) is 0 Å². The molecule has 3 aromatic rings. The van der Waals surface area contributed by atoms with Crippen LogP contribution in [0.4, 0.5) is 5.13 Å². The smallest absolute Gasteiger partial charge is 0.265 e. The first-order valence-corrected chi connectivity index (χ1v) is 10.8. The van der Waals surface area contributed by atoms with Crippen molar-refractivity contribution in [1.29, 1.82) is 0 Å². The first kappa shape index (κ1) is 21.7. The van der Waals surface area contributed by atoms with E-state index in [2.05, 4.69) is 32.1 Å². The fourth-order valence-electron chi connectivity index (χ4n) is 2.54. The Morgan fingerprint density at radius 1 is 1.30 bits per heavy atom. The molecule has 1 N–H and O–H groups in total. The van der Waals surface area contributed by atoms with Crippen LogP contribution in [0.1, 0.15) is 15.4 Å². The van der Waals surface area contributed by atoms with Gasteiger partial charge in [0.1, 0.15) is 4.88 Å². The SMILES string of the molecule is C=CCn1c(SCC(=O)Nc2nc(C)c(C(=O)N(C)C)s2)nnc1-c1ccncc1. The van der Waals surface area contributed by atoms with Crippen molar-refractivity contribution in [2.75, 3.05) is 25.2 Å². The number of pyridine rings is 1. The Hall–Kier alpha value is -3.05. The fraction of sp³-hybridized carbons (Fsp3) is 0.263. The highest BCUT2D eigenvalue weighted by molar-refractivity contribution is 7.99. The molecule has 0 saturated heterocycles. The Bertz CT molecular complexity index is 1060. The number of amides is 2. The summed E-state index contributed by atoms with van der Waals surface area (Å²) in [7, 11) is 3.35. The van der Waals surface area contributed by atoms with Crippen molar-refractivity contribution in [2.45, 2.75) is 18.6 Å². The molecule has 0 saturated carbocycles. The molecular weight excluding hydrogens is 422 g/mol. The molecule has 0 aliphatic rings. The number of aromatic nitrogens is 5. The maximum atomic E-state index is 12.4. The Labute approximate surface area is 182 Å². The fourth-order valence-corrected chi connectivity index (χ4v) is 4.29. The van der Waals surface area contributed by atoms with Gasteiger partial charge in [0.25, 0.3) is 5.91 Å². The summed E-state index contributed by atoms with van der Waals surface area (Å²) < 4.78 is 1.89. The highest BCUT2D eigenvalue weighted by Gasteiger charge is 2.19. The minimum absolute atomic E-state index is 0.126. The van der Waals surface area contributed by atoms with E-state index in [-0.39, 0.29) is 17.6 Å². The molecule has 3 heterocycles. The number of allylic oxidation sites excluding steroid dienone is 1. The first-order valence-electron chi connectivity index (χ1n) is 8.97. The number of carbonyl (C=O) groups excluding carboxylic acids is 2. The average molecular weight is 444 g/mol. The zero-order chi connectivity index (χ0) is 21.7. The predicted molar refractivity (Wildman–Crippen MR) is 118 cm³/mol. The van der Waals surface area contributed by atoms with E-state index in [4.69, 9.17) is 0 Å². The summed E-state index contributed by atoms with van der Waals surface area (Å²) in [6.07, 6.45) is 5.13. The van der Waals surface area contributed by atoms with Gasteiger partial charge in [-0.15, -0.1) is 16.8 Å². The normalized spacial score (nSPS) is 10.6. The molecule has 0 aliphatic carbocycles. The first-order chi connectivity index (χ1) is 14.4. The number of nitrogens with one attached hydrogen (secondary N) is 1. The van der Waals surface area contributed by atoms with Crippen molar-refractivity contribution in [1.82, 2.24) is 29.6 Å². The summed E-state index contributed by atoms with van der Waals surface area (Å²) in [4.78, 5) is 34.8. The quantitative estimate of drug-likeness (QED) is 0.421. The third-order valence-corrected chi connectivity index (χ3v) is 5.97. The van der Waals surface area contributed by atoms with Gasteiger partial charge >= 0.3 is 0 Å². The van der Waals surface area contributed by atoms with Gasteiger partial charge in [-0.05, 0) is 19.1 Å². The summed E-state index contributed by atoms with van der Waals surface area (Å²) in [5.41, 5.74) is 1.47. The summed E-state index contributed by atoms with van der Waals surface area (Å²) in [5, 5.41) is 12.2. The monoisotopic (exact) mass is 443 g/mol. The summed E-state index contributed by atoms with van der Waals surface area (Å²) in [6, 6.07) is 3.70. The molecule has 0 spiro atoms. The van der Waals surface area contributed by atoms with Crippen molar-refractivity contribution in [3.8, 4) is 11.4 Å². The van der Waals surface area contributed by atoms with Crippen LogP contribution in [0.2, 0.25) is 0 Å². The summed E-state index contributed by atoms with van der Waals surface area (Å²) in [5.74, 6) is 0.432. The van der Waals surface area contributed by atoms with Crippen LogP contribution in [0, 0.1) is 6.92 Å². The molecule has 0 unspecified atom stereocenters. The van der Waals surface area contributed by atoms with Crippen LogP contribution in [-0.4, -0.2) is 61.3 Å². The molecule has 3 rings (SSSR count). The lowest BCUT2D eigenvalue weighted by atomic mass is 10.2. The number of aryl methyl sites for hydroxylation is 1. The molecule has 0 fully saturated rings. The van der Waals surface area contributed by atoms with Crippen molar-refractivity contribution in [2.24, 2.45) is 0 Å². The minimum Gasteiger partial charge on any atom is -0.344 e. The van der Waals surface area contributed by atoms with E-state index in [1.165, 1.54) is 16.7 Å². The molecule has 0 radical (unpaired) electrons. The second-order valence-electron chi connectivity index (χ2n) is 6.41. The third-order valence-electron chi connectivity index (χ3n) is 3.94. The zero-order valence-corrected chi connectivity index (χ0v) is 18.5. The largest absolute Gasteiger partial charge is 0.344 e. The van der Waals surface area contributed by atoms with Crippen molar-refractivity contribution in [3.05, 3.63) is 47.8 Å². The van der Waals surface area contributed by atoms with Gasteiger partial charge < -0.3 is 10.2 Å². The maximum absolute atomic E-state index is 12.4. The van der Waals surface area contributed by atoms with E-state index >= 15 is 0 Å². The van der Waals surface area contributed by atoms with Crippen LogP contribution in [0.15, 0.2) is 42.3 Å². The lowest BCUT2D eigenvalue weighted by molar-refractivity contribution is -0.113. The van der Waals surface area contributed by atoms with Gasteiger partial charge in [-0.25, -0.2) is 4.98 Å². The number of thiazole rings is 1. The van der Waals surface area contributed by atoms with Crippen LogP contribution in [0.3, 0.4) is 0 Å². The minimum atomic E-state index is -0.240. The van der Waals surface area contributed by atoms with E-state index in [0.29, 0.717) is 33.2 Å². The molecule has 2 amide bonds. The highest BCUT2D eigenvalue weighted by Crippen LogP contribution is 2.26. The molecule has 9 nitrogen and oxygen atoms in total. The topological polar surface area (TPSA) is 106 Å². The van der Waals surface area contributed by atoms with Gasteiger partial charge in [-0.1, -0.05) is 29.2 Å². The van der Waals surface area contributed by atoms with Crippen LogP contribution in [0.25, 0.3) is 11.4 Å². The average Bonchev–Trinajstić information content (AvgIpc) is 3.29. The third kappa shape index (κ3) is 4.92. The van der Waals surface area contributed by atoms with Gasteiger partial charge in [0.2, 0.25) is 5.91 Å². The number of nitrogens with zero attached hydrogens (tertiary/aromatic N) is 6. The Morgan fingerprint density at radius 3 is 2.70 bits per heavy atom. The standard InChI is InChI=1S/C19H21N7O2S2/c1-5-10-26-16(13-6-8-20-9-7-13)23-24-19(26)29-11-14(27)22-18-21-12(2)15(30-18)17(28)25(3)4/h5-9H,1,10-11H2,2-4H3,(H,21,22,27). The molecular formula is C19H21N7O2S2. The van der Waals surface area contributed by atoms with Crippen LogP contribution in [-0.2, 0) is 11.3 Å². The van der Waals surface area contributed by atoms with Crippen LogP contribution < -0.4 is 5.32 Å². The number of carbonyl (C=O) groups is 2. The molecule has 0 bridgehead atoms. The summed E-state index contributed by atoms with van der Waals surface area (Å²) >= 11 is 2.43. The zero-order valence-electron chi connectivity index (χ0n) is 16.8. The van der Waals surface area contributed by atoms with Crippen LogP contribution >= 0.6 is 23.1 Å². The molecule has 0 atom stereocenters. The Balaban J connectivity index is 1.68. The van der Waals surface area contributed by atoms with E-state index in [1.807, 2.05) is 16.7 Å². The lowest BCUT2D eigenvalue weighted by Gasteiger charge is -2.08. The molecule has 3 aromatic heterocycles. The molecule has 30 heavy (non-hydrogen) atoms. The highest BCUT2D eigenvalue weighted by atomic mass is 32.2. The van der Waals surface area contributed by atoms with E-state index in [9.17, 15) is 9.59 Å². The maximum Gasteiger partial charge on any atom is 0.265 e. The molecule has 0 aliphatic heterocycles. The number of hydrogen-bond acceptors (Lipinski definition) is 8. The Morgan fingerprint density at radius 2 is 2.03 bits per heavy atom. The van der Waals surface area contributed by atoms with E-state index in [0.717, 1.165) is 16.9 Å². The second kappa shape index (κ2) is 9.63. The van der Waals surface area contributed by atoms with Crippen molar-refractivity contribution < 1.29 is 9.59 Å². The number of hydrogen-bond donors (Lipinski definition) is 1. The van der Waals surface area contributed by atoms with Gasteiger partial charge in [-0.3, -0.25) is 19.1 Å².